The van der Waals surface area contributed by atoms with Crippen LogP contribution in [-0.4, -0.2) is 28.0 Å². The van der Waals surface area contributed by atoms with E-state index in [1.54, 1.807) is 12.4 Å². The van der Waals surface area contributed by atoms with E-state index >= 15 is 0 Å². The lowest BCUT2D eigenvalue weighted by Gasteiger charge is -2.06. The average molecular weight is 276 g/mol. The highest BCUT2D eigenvalue weighted by Crippen LogP contribution is 2.28. The van der Waals surface area contributed by atoms with E-state index in [2.05, 4.69) is 15.0 Å². The minimum atomic E-state index is -0.469. The fraction of sp³-hybridized carbons (Fsp3) is 0.167. The maximum absolute atomic E-state index is 11.7. The van der Waals surface area contributed by atoms with E-state index in [1.807, 2.05) is 6.92 Å². The summed E-state index contributed by atoms with van der Waals surface area (Å²) in [5.74, 6) is -0.210. The Morgan fingerprint density at radius 1 is 1.26 bits per heavy atom. The number of carbonyl (C=O) groups is 1. The van der Waals surface area contributed by atoms with E-state index in [1.165, 1.54) is 31.1 Å². The summed E-state index contributed by atoms with van der Waals surface area (Å²) in [5, 5.41) is 0.530. The quantitative estimate of drug-likeness (QED) is 0.673. The van der Waals surface area contributed by atoms with Gasteiger partial charge in [-0.1, -0.05) is 0 Å². The molecule has 6 nitrogen and oxygen atoms in total. The summed E-state index contributed by atoms with van der Waals surface area (Å²) in [6, 6.07) is 1.47. The Balaban J connectivity index is 2.34. The van der Waals surface area contributed by atoms with Gasteiger partial charge in [-0.3, -0.25) is 0 Å². The third-order valence-corrected chi connectivity index (χ3v) is 3.19. The number of nitrogens with two attached hydrogens (primary N) is 1. The fourth-order valence-corrected chi connectivity index (χ4v) is 2.11. The van der Waals surface area contributed by atoms with Crippen LogP contribution in [0, 0.1) is 6.92 Å². The van der Waals surface area contributed by atoms with Gasteiger partial charge in [0.1, 0.15) is 5.82 Å². The van der Waals surface area contributed by atoms with Crippen LogP contribution >= 0.6 is 11.8 Å². The molecule has 2 rings (SSSR count). The molecule has 2 heterocycles. The molecule has 0 radical (unpaired) electrons. The topological polar surface area (TPSA) is 91.0 Å². The first-order valence-electron chi connectivity index (χ1n) is 5.40. The lowest BCUT2D eigenvalue weighted by molar-refractivity contribution is 0.0596. The highest BCUT2D eigenvalue weighted by molar-refractivity contribution is 7.99. The van der Waals surface area contributed by atoms with Crippen molar-refractivity contribution in [3.05, 3.63) is 35.8 Å². The Hall–Kier alpha value is -2.15. The van der Waals surface area contributed by atoms with Gasteiger partial charge in [-0.05, 0) is 30.3 Å². The van der Waals surface area contributed by atoms with Crippen LogP contribution < -0.4 is 5.73 Å². The van der Waals surface area contributed by atoms with Crippen molar-refractivity contribution < 1.29 is 9.53 Å². The van der Waals surface area contributed by atoms with Crippen molar-refractivity contribution in [1.82, 2.24) is 15.0 Å². The third-order valence-electron chi connectivity index (χ3n) is 2.25. The van der Waals surface area contributed by atoms with E-state index in [-0.39, 0.29) is 5.82 Å². The zero-order valence-corrected chi connectivity index (χ0v) is 11.3. The molecule has 0 saturated carbocycles. The molecule has 98 valence electrons. The number of hydrogen-bond acceptors (Lipinski definition) is 7. The van der Waals surface area contributed by atoms with Crippen molar-refractivity contribution in [1.29, 1.82) is 0 Å². The molecule has 19 heavy (non-hydrogen) atoms. The molecule has 2 aromatic rings. The summed E-state index contributed by atoms with van der Waals surface area (Å²) >= 11 is 1.23. The van der Waals surface area contributed by atoms with Gasteiger partial charge in [-0.25, -0.2) is 19.7 Å². The van der Waals surface area contributed by atoms with Crippen LogP contribution in [0.5, 0.6) is 0 Å². The Bertz CT molecular complexity index is 601. The number of pyridine rings is 1. The summed E-state index contributed by atoms with van der Waals surface area (Å²) in [7, 11) is 1.32. The number of nitrogens with zero attached hydrogens (tertiary/aromatic N) is 3. The second-order valence-corrected chi connectivity index (χ2v) is 4.75. The summed E-state index contributed by atoms with van der Waals surface area (Å²) in [6.07, 6.45) is 4.92. The van der Waals surface area contributed by atoms with Gasteiger partial charge in [-0.2, -0.15) is 0 Å². The number of esters is 1. The normalized spacial score (nSPS) is 10.2. The van der Waals surface area contributed by atoms with Crippen LogP contribution in [0.1, 0.15) is 15.9 Å². The van der Waals surface area contributed by atoms with Crippen molar-refractivity contribution in [3.8, 4) is 0 Å². The van der Waals surface area contributed by atoms with Gasteiger partial charge >= 0.3 is 5.97 Å². The first-order valence-corrected chi connectivity index (χ1v) is 6.22. The van der Waals surface area contributed by atoms with Crippen LogP contribution in [0.25, 0.3) is 0 Å². The molecule has 0 amide bonds. The zero-order valence-electron chi connectivity index (χ0n) is 10.5. The Kier molecular flexibility index (Phi) is 3.96. The van der Waals surface area contributed by atoms with Crippen LogP contribution in [0.4, 0.5) is 5.82 Å². The number of rotatable bonds is 3. The average Bonchev–Trinajstić information content (AvgIpc) is 2.42. The number of aromatic nitrogens is 3. The number of aryl methyl sites for hydroxylation is 1. The number of ether oxygens (including phenoxy) is 1. The second-order valence-electron chi connectivity index (χ2n) is 3.74. The van der Waals surface area contributed by atoms with Gasteiger partial charge in [0.25, 0.3) is 0 Å². The number of carbonyl (C=O) groups excluding carboxylic acids is 1. The van der Waals surface area contributed by atoms with E-state index in [0.717, 1.165) is 5.56 Å². The number of methoxy groups -OCH3 is 1. The highest BCUT2D eigenvalue weighted by atomic mass is 32.2. The molecular formula is C12H12N4O2S. The smallest absolute Gasteiger partial charge is 0.339 e. The lowest BCUT2D eigenvalue weighted by Crippen LogP contribution is -2.05. The molecule has 0 bridgehead atoms. The molecule has 0 aliphatic heterocycles. The van der Waals surface area contributed by atoms with E-state index in [9.17, 15) is 4.79 Å². The SMILES string of the molecule is COC(=O)c1cc(N)ncc1Sc1ncc(C)cn1. The van der Waals surface area contributed by atoms with Gasteiger partial charge in [0.2, 0.25) is 0 Å². The second kappa shape index (κ2) is 5.66. The zero-order chi connectivity index (χ0) is 13.8. The first-order chi connectivity index (χ1) is 9.10. The minimum absolute atomic E-state index is 0.259. The molecule has 0 unspecified atom stereocenters. The summed E-state index contributed by atoms with van der Waals surface area (Å²) in [6.45, 7) is 1.90. The van der Waals surface area contributed by atoms with Gasteiger partial charge in [0.15, 0.2) is 5.16 Å². The molecule has 0 fully saturated rings. The van der Waals surface area contributed by atoms with Gasteiger partial charge in [-0.15, -0.1) is 0 Å². The summed E-state index contributed by atoms with van der Waals surface area (Å²) in [5.41, 5.74) is 6.89. The van der Waals surface area contributed by atoms with Crippen molar-refractivity contribution in [2.24, 2.45) is 0 Å². The lowest BCUT2D eigenvalue weighted by atomic mass is 10.2. The van der Waals surface area contributed by atoms with Crippen molar-refractivity contribution in [2.75, 3.05) is 12.8 Å². The first kappa shape index (κ1) is 13.3. The van der Waals surface area contributed by atoms with Crippen LogP contribution in [0.15, 0.2) is 34.7 Å². The maximum Gasteiger partial charge on any atom is 0.339 e. The van der Waals surface area contributed by atoms with Crippen LogP contribution in [0.2, 0.25) is 0 Å². The van der Waals surface area contributed by atoms with Crippen molar-refractivity contribution in [3.63, 3.8) is 0 Å². The van der Waals surface area contributed by atoms with Crippen molar-refractivity contribution in [2.45, 2.75) is 17.0 Å². The predicted octanol–water partition coefficient (Wildman–Crippen LogP) is 1.70. The van der Waals surface area contributed by atoms with Gasteiger partial charge in [0.05, 0.1) is 12.7 Å². The van der Waals surface area contributed by atoms with Gasteiger partial charge < -0.3 is 10.5 Å². The molecular weight excluding hydrogens is 264 g/mol. The highest BCUT2D eigenvalue weighted by Gasteiger charge is 2.15. The molecule has 0 saturated heterocycles. The molecule has 0 aliphatic carbocycles. The largest absolute Gasteiger partial charge is 0.465 e. The number of hydrogen-bond donors (Lipinski definition) is 1. The van der Waals surface area contributed by atoms with E-state index in [4.69, 9.17) is 10.5 Å². The summed E-state index contributed by atoms with van der Waals surface area (Å²) in [4.78, 5) is 24.6. The molecule has 7 heteroatoms. The summed E-state index contributed by atoms with van der Waals surface area (Å²) < 4.78 is 4.71. The molecule has 0 aromatic carbocycles. The molecule has 0 atom stereocenters. The predicted molar refractivity (Wildman–Crippen MR) is 70.9 cm³/mol. The van der Waals surface area contributed by atoms with Crippen molar-refractivity contribution >= 4 is 23.5 Å². The Morgan fingerprint density at radius 3 is 2.58 bits per heavy atom. The van der Waals surface area contributed by atoms with E-state index < -0.39 is 5.97 Å². The van der Waals surface area contributed by atoms with Crippen LogP contribution in [0.3, 0.4) is 0 Å². The minimum Gasteiger partial charge on any atom is -0.465 e. The maximum atomic E-state index is 11.7. The number of anilines is 1. The standard InChI is InChI=1S/C12H12N4O2S/c1-7-4-15-12(16-5-7)19-9-6-14-10(13)3-8(9)11(17)18-2/h3-6H,1-2H3,(H2,13,14). The number of nitrogen functional groups attached to an aromatic ring is 1. The monoisotopic (exact) mass is 276 g/mol. The Labute approximate surface area is 114 Å². The molecule has 0 spiro atoms. The third kappa shape index (κ3) is 3.19. The molecule has 2 N–H and O–H groups in total. The Morgan fingerprint density at radius 2 is 1.95 bits per heavy atom. The van der Waals surface area contributed by atoms with Crippen LogP contribution in [-0.2, 0) is 4.74 Å². The van der Waals surface area contributed by atoms with Gasteiger partial charge in [0, 0.05) is 23.5 Å². The fourth-order valence-electron chi connectivity index (χ4n) is 1.34. The van der Waals surface area contributed by atoms with E-state index in [0.29, 0.717) is 15.6 Å². The molecule has 0 aliphatic rings. The molecule has 2 aromatic heterocycles.